The van der Waals surface area contributed by atoms with Gasteiger partial charge in [0.25, 0.3) is 0 Å². The van der Waals surface area contributed by atoms with Crippen molar-refractivity contribution in [3.8, 4) is 0 Å². The zero-order valence-corrected chi connectivity index (χ0v) is 12.4. The van der Waals surface area contributed by atoms with E-state index in [9.17, 15) is 0 Å². The summed E-state index contributed by atoms with van der Waals surface area (Å²) in [5.41, 5.74) is 1.01. The first kappa shape index (κ1) is 13.3. The maximum absolute atomic E-state index is 5.81. The molecule has 1 fully saturated rings. The molecule has 4 heteroatoms. The lowest BCUT2D eigenvalue weighted by molar-refractivity contribution is 0.0752. The number of thiazole rings is 1. The number of likely N-dealkylation sites (tertiary alicyclic amines) is 1. The van der Waals surface area contributed by atoms with Gasteiger partial charge in [-0.25, -0.2) is 4.98 Å². The van der Waals surface area contributed by atoms with Crippen molar-refractivity contribution in [1.82, 2.24) is 9.88 Å². The summed E-state index contributed by atoms with van der Waals surface area (Å²) in [7, 11) is 0. The Balaban J connectivity index is 2.10. The molecule has 1 aliphatic rings. The van der Waals surface area contributed by atoms with Crippen molar-refractivity contribution in [2.75, 3.05) is 6.54 Å². The van der Waals surface area contributed by atoms with Crippen molar-refractivity contribution in [3.63, 3.8) is 0 Å². The fraction of sp³-hybridized carbons (Fsp3) is 0.769. The summed E-state index contributed by atoms with van der Waals surface area (Å²) >= 11 is 7.56. The Hall–Kier alpha value is -0.120. The van der Waals surface area contributed by atoms with Crippen molar-refractivity contribution in [1.29, 1.82) is 0 Å². The number of alkyl halides is 1. The second-order valence-electron chi connectivity index (χ2n) is 5.08. The molecule has 2 heterocycles. The van der Waals surface area contributed by atoms with E-state index in [1.807, 2.05) is 0 Å². The van der Waals surface area contributed by atoms with Crippen LogP contribution in [0.4, 0.5) is 0 Å². The van der Waals surface area contributed by atoms with Gasteiger partial charge in [-0.1, -0.05) is 6.92 Å². The molecule has 0 bridgehead atoms. The molecule has 17 heavy (non-hydrogen) atoms. The first-order valence-electron chi connectivity index (χ1n) is 6.39. The molecule has 2 nitrogen and oxygen atoms in total. The van der Waals surface area contributed by atoms with E-state index in [4.69, 9.17) is 11.6 Å². The lowest BCUT2D eigenvalue weighted by Crippen LogP contribution is -2.43. The average Bonchev–Trinajstić information content (AvgIpc) is 2.80. The van der Waals surface area contributed by atoms with E-state index >= 15 is 0 Å². The Kier molecular flexibility index (Phi) is 4.45. The van der Waals surface area contributed by atoms with E-state index in [0.29, 0.717) is 18.0 Å². The molecule has 96 valence electrons. The van der Waals surface area contributed by atoms with Crippen LogP contribution in [0.2, 0.25) is 0 Å². The minimum Gasteiger partial charge on any atom is -0.291 e. The Morgan fingerprint density at radius 2 is 2.35 bits per heavy atom. The fourth-order valence-electron chi connectivity index (χ4n) is 2.63. The predicted octanol–water partition coefficient (Wildman–Crippen LogP) is 4.06. The molecule has 0 radical (unpaired) electrons. The third-order valence-corrected chi connectivity index (χ3v) is 5.32. The van der Waals surface area contributed by atoms with Crippen LogP contribution in [0.3, 0.4) is 0 Å². The highest BCUT2D eigenvalue weighted by atomic mass is 35.5. The van der Waals surface area contributed by atoms with E-state index in [2.05, 4.69) is 36.0 Å². The monoisotopic (exact) mass is 272 g/mol. The third kappa shape index (κ3) is 2.83. The van der Waals surface area contributed by atoms with Gasteiger partial charge in [-0.2, -0.15) is 0 Å². The summed E-state index contributed by atoms with van der Waals surface area (Å²) in [4.78, 5) is 7.20. The number of nitrogens with zero attached hydrogens (tertiary/aromatic N) is 2. The van der Waals surface area contributed by atoms with Gasteiger partial charge in [0.05, 0.1) is 17.6 Å². The number of aromatic nitrogens is 1. The summed E-state index contributed by atoms with van der Waals surface area (Å²) in [5, 5.41) is 3.29. The van der Waals surface area contributed by atoms with Gasteiger partial charge in [0.2, 0.25) is 0 Å². The summed E-state index contributed by atoms with van der Waals surface area (Å²) < 4.78 is 0. The number of piperidine rings is 1. The fourth-order valence-corrected chi connectivity index (χ4v) is 3.76. The Labute approximate surface area is 113 Å². The van der Waals surface area contributed by atoms with Crippen LogP contribution in [-0.4, -0.2) is 22.5 Å². The molecule has 1 aromatic heterocycles. The Morgan fingerprint density at radius 3 is 3.00 bits per heavy atom. The quantitative estimate of drug-likeness (QED) is 0.772. The van der Waals surface area contributed by atoms with Crippen molar-refractivity contribution in [2.45, 2.75) is 51.6 Å². The minimum atomic E-state index is 0.426. The lowest BCUT2D eigenvalue weighted by atomic mass is 9.91. The SMILES string of the molecule is CC1CCCN(C(C)c2nc(CCl)cs2)C1C. The van der Waals surface area contributed by atoms with Crippen molar-refractivity contribution >= 4 is 22.9 Å². The molecule has 0 aliphatic carbocycles. The minimum absolute atomic E-state index is 0.426. The van der Waals surface area contributed by atoms with Crippen molar-refractivity contribution < 1.29 is 0 Å². The zero-order valence-electron chi connectivity index (χ0n) is 10.8. The number of rotatable bonds is 3. The van der Waals surface area contributed by atoms with Crippen LogP contribution in [0.1, 0.15) is 50.4 Å². The molecule has 1 aliphatic heterocycles. The van der Waals surface area contributed by atoms with Gasteiger partial charge >= 0.3 is 0 Å². The van der Waals surface area contributed by atoms with Gasteiger partial charge in [-0.15, -0.1) is 22.9 Å². The van der Waals surface area contributed by atoms with Crippen LogP contribution in [0.15, 0.2) is 5.38 Å². The largest absolute Gasteiger partial charge is 0.291 e. The number of halogens is 1. The van der Waals surface area contributed by atoms with E-state index in [-0.39, 0.29) is 0 Å². The van der Waals surface area contributed by atoms with Gasteiger partial charge in [-0.3, -0.25) is 4.90 Å². The molecule has 0 aromatic carbocycles. The standard InChI is InChI=1S/C13H21ClN2S/c1-9-5-4-6-16(10(9)2)11(3)13-15-12(7-14)8-17-13/h8-11H,4-7H2,1-3H3. The topological polar surface area (TPSA) is 16.1 Å². The molecule has 3 unspecified atom stereocenters. The second kappa shape index (κ2) is 5.68. The van der Waals surface area contributed by atoms with Crippen molar-refractivity contribution in [2.24, 2.45) is 5.92 Å². The van der Waals surface area contributed by atoms with Gasteiger partial charge < -0.3 is 0 Å². The van der Waals surface area contributed by atoms with E-state index < -0.39 is 0 Å². The molecular formula is C13H21ClN2S. The molecule has 2 rings (SSSR count). The van der Waals surface area contributed by atoms with Crippen LogP contribution in [-0.2, 0) is 5.88 Å². The van der Waals surface area contributed by atoms with Crippen molar-refractivity contribution in [3.05, 3.63) is 16.1 Å². The van der Waals surface area contributed by atoms with Gasteiger partial charge in [0, 0.05) is 11.4 Å². The molecule has 1 saturated heterocycles. The first-order chi connectivity index (χ1) is 8.13. The lowest BCUT2D eigenvalue weighted by Gasteiger charge is -2.41. The average molecular weight is 273 g/mol. The first-order valence-corrected chi connectivity index (χ1v) is 7.81. The normalized spacial score (nSPS) is 28.2. The zero-order chi connectivity index (χ0) is 12.4. The summed E-state index contributed by atoms with van der Waals surface area (Å²) in [5.74, 6) is 1.31. The molecule has 3 atom stereocenters. The van der Waals surface area contributed by atoms with E-state index in [1.54, 1.807) is 11.3 Å². The highest BCUT2D eigenvalue weighted by molar-refractivity contribution is 7.09. The van der Waals surface area contributed by atoms with Crippen LogP contribution in [0.5, 0.6) is 0 Å². The van der Waals surface area contributed by atoms with Crippen LogP contribution in [0.25, 0.3) is 0 Å². The summed E-state index contributed by atoms with van der Waals surface area (Å²) in [6, 6.07) is 1.08. The maximum Gasteiger partial charge on any atom is 0.110 e. The molecule has 0 amide bonds. The molecule has 1 aromatic rings. The van der Waals surface area contributed by atoms with Crippen LogP contribution >= 0.6 is 22.9 Å². The van der Waals surface area contributed by atoms with E-state index in [0.717, 1.165) is 11.6 Å². The Bertz CT molecular complexity index is 366. The van der Waals surface area contributed by atoms with Crippen LogP contribution < -0.4 is 0 Å². The maximum atomic E-state index is 5.81. The van der Waals surface area contributed by atoms with Crippen LogP contribution in [0, 0.1) is 5.92 Å². The third-order valence-electron chi connectivity index (χ3n) is 3.98. The molecular weight excluding hydrogens is 252 g/mol. The second-order valence-corrected chi connectivity index (χ2v) is 6.24. The van der Waals surface area contributed by atoms with Gasteiger partial charge in [0.15, 0.2) is 0 Å². The Morgan fingerprint density at radius 1 is 1.59 bits per heavy atom. The number of hydrogen-bond donors (Lipinski definition) is 0. The molecule has 0 saturated carbocycles. The highest BCUT2D eigenvalue weighted by Crippen LogP contribution is 2.32. The highest BCUT2D eigenvalue weighted by Gasteiger charge is 2.29. The smallest absolute Gasteiger partial charge is 0.110 e. The van der Waals surface area contributed by atoms with Gasteiger partial charge in [0.1, 0.15) is 5.01 Å². The molecule has 0 N–H and O–H groups in total. The summed E-state index contributed by atoms with van der Waals surface area (Å²) in [6.45, 7) is 8.17. The molecule has 0 spiro atoms. The van der Waals surface area contributed by atoms with Gasteiger partial charge in [-0.05, 0) is 39.2 Å². The van der Waals surface area contributed by atoms with E-state index in [1.165, 1.54) is 24.4 Å². The summed E-state index contributed by atoms with van der Waals surface area (Å²) in [6.07, 6.45) is 2.67. The number of hydrogen-bond acceptors (Lipinski definition) is 3. The predicted molar refractivity (Wildman–Crippen MR) is 74.7 cm³/mol.